The standard InChI is InChI=1S/C19H17ClN4O/c1-2-10-24-18(13-4-3-9-21-11-13)15-16(22-23-17(15)19(24)25)12-5-7-14(20)8-6-12/h3-9,11,18H,2,10H2,1H3,(H,22,23). The topological polar surface area (TPSA) is 61.9 Å². The van der Waals surface area contributed by atoms with Crippen LogP contribution >= 0.6 is 11.6 Å². The zero-order chi connectivity index (χ0) is 17.4. The van der Waals surface area contributed by atoms with Gasteiger partial charge in [0.1, 0.15) is 5.69 Å². The first-order chi connectivity index (χ1) is 12.2. The predicted octanol–water partition coefficient (Wildman–Crippen LogP) is 4.08. The van der Waals surface area contributed by atoms with Crippen LogP contribution in [0.5, 0.6) is 0 Å². The summed E-state index contributed by atoms with van der Waals surface area (Å²) in [6.45, 7) is 2.75. The highest BCUT2D eigenvalue weighted by Crippen LogP contribution is 2.42. The number of carbonyl (C=O) groups excluding carboxylic acids is 1. The molecule has 3 aromatic rings. The summed E-state index contributed by atoms with van der Waals surface area (Å²) in [5.41, 5.74) is 4.18. The lowest BCUT2D eigenvalue weighted by Gasteiger charge is -2.25. The summed E-state index contributed by atoms with van der Waals surface area (Å²) < 4.78 is 0. The van der Waals surface area contributed by atoms with Crippen molar-refractivity contribution in [3.8, 4) is 11.3 Å². The number of nitrogens with zero attached hydrogens (tertiary/aromatic N) is 3. The van der Waals surface area contributed by atoms with E-state index >= 15 is 0 Å². The maximum atomic E-state index is 12.9. The average molecular weight is 353 g/mol. The highest BCUT2D eigenvalue weighted by Gasteiger charge is 2.41. The zero-order valence-electron chi connectivity index (χ0n) is 13.7. The minimum Gasteiger partial charge on any atom is -0.326 e. The van der Waals surface area contributed by atoms with Gasteiger partial charge in [-0.05, 0) is 30.2 Å². The molecule has 3 heterocycles. The molecule has 1 amide bonds. The first-order valence-corrected chi connectivity index (χ1v) is 8.63. The number of aromatic nitrogens is 3. The molecular formula is C19H17ClN4O. The number of H-pyrrole nitrogens is 1. The number of nitrogens with one attached hydrogen (secondary N) is 1. The van der Waals surface area contributed by atoms with Gasteiger partial charge < -0.3 is 4.90 Å². The van der Waals surface area contributed by atoms with Crippen molar-refractivity contribution in [2.24, 2.45) is 0 Å². The van der Waals surface area contributed by atoms with Crippen LogP contribution in [0.1, 0.15) is 41.0 Å². The van der Waals surface area contributed by atoms with Gasteiger partial charge in [-0.2, -0.15) is 5.10 Å². The number of hydrogen-bond acceptors (Lipinski definition) is 3. The fraction of sp³-hybridized carbons (Fsp3) is 0.211. The third-order valence-corrected chi connectivity index (χ3v) is 4.70. The van der Waals surface area contributed by atoms with E-state index in [0.717, 1.165) is 28.8 Å². The molecule has 1 aliphatic heterocycles. The van der Waals surface area contributed by atoms with Gasteiger partial charge in [-0.15, -0.1) is 0 Å². The van der Waals surface area contributed by atoms with E-state index in [4.69, 9.17) is 11.6 Å². The van der Waals surface area contributed by atoms with Gasteiger partial charge in [0.25, 0.3) is 5.91 Å². The smallest absolute Gasteiger partial charge is 0.273 e. The largest absolute Gasteiger partial charge is 0.326 e. The van der Waals surface area contributed by atoms with Crippen molar-refractivity contribution in [2.45, 2.75) is 19.4 Å². The van der Waals surface area contributed by atoms with Gasteiger partial charge in [0.15, 0.2) is 0 Å². The van der Waals surface area contributed by atoms with Crippen LogP contribution in [-0.2, 0) is 0 Å². The summed E-state index contributed by atoms with van der Waals surface area (Å²) >= 11 is 6.00. The summed E-state index contributed by atoms with van der Waals surface area (Å²) in [4.78, 5) is 19.0. The Kier molecular flexibility index (Phi) is 4.01. The normalized spacial score (nSPS) is 16.3. The Morgan fingerprint density at radius 3 is 2.72 bits per heavy atom. The van der Waals surface area contributed by atoms with Gasteiger partial charge in [0.05, 0.1) is 11.7 Å². The molecule has 4 rings (SSSR count). The van der Waals surface area contributed by atoms with Crippen LogP contribution in [-0.4, -0.2) is 32.5 Å². The van der Waals surface area contributed by atoms with Gasteiger partial charge in [0.2, 0.25) is 0 Å². The number of aromatic amines is 1. The Bertz CT molecular complexity index is 905. The zero-order valence-corrected chi connectivity index (χ0v) is 14.5. The van der Waals surface area contributed by atoms with Crippen molar-refractivity contribution in [3.05, 3.63) is 70.6 Å². The highest BCUT2D eigenvalue weighted by molar-refractivity contribution is 6.30. The Labute approximate surface area is 150 Å². The Morgan fingerprint density at radius 1 is 1.24 bits per heavy atom. The molecule has 0 radical (unpaired) electrons. The molecule has 1 atom stereocenters. The number of fused-ring (bicyclic) bond motifs is 1. The minimum absolute atomic E-state index is 0.0154. The number of carbonyl (C=O) groups is 1. The molecule has 1 aromatic carbocycles. The van der Waals surface area contributed by atoms with Gasteiger partial charge >= 0.3 is 0 Å². The van der Waals surface area contributed by atoms with Crippen molar-refractivity contribution >= 4 is 17.5 Å². The SMILES string of the molecule is CCCN1C(=O)c2[nH]nc(-c3ccc(Cl)cc3)c2C1c1cccnc1. The third-order valence-electron chi connectivity index (χ3n) is 4.45. The van der Waals surface area contributed by atoms with Crippen LogP contribution in [0.15, 0.2) is 48.8 Å². The summed E-state index contributed by atoms with van der Waals surface area (Å²) in [6, 6.07) is 11.2. The van der Waals surface area contributed by atoms with Gasteiger partial charge in [-0.3, -0.25) is 14.9 Å². The lowest BCUT2D eigenvalue weighted by Crippen LogP contribution is -2.30. The Hall–Kier alpha value is -2.66. The van der Waals surface area contributed by atoms with E-state index in [1.54, 1.807) is 6.20 Å². The van der Waals surface area contributed by atoms with E-state index in [1.807, 2.05) is 47.5 Å². The number of halogens is 1. The summed E-state index contributed by atoms with van der Waals surface area (Å²) in [5.74, 6) is -0.0154. The van der Waals surface area contributed by atoms with E-state index in [9.17, 15) is 4.79 Å². The minimum atomic E-state index is -0.180. The lowest BCUT2D eigenvalue weighted by atomic mass is 9.97. The molecule has 0 fully saturated rings. The fourth-order valence-electron chi connectivity index (χ4n) is 3.38. The van der Waals surface area contributed by atoms with Gasteiger partial charge in [0, 0.05) is 35.1 Å². The monoisotopic (exact) mass is 352 g/mol. The molecular weight excluding hydrogens is 336 g/mol. The fourth-order valence-corrected chi connectivity index (χ4v) is 3.51. The number of rotatable bonds is 4. The van der Waals surface area contributed by atoms with E-state index in [2.05, 4.69) is 22.1 Å². The molecule has 0 saturated carbocycles. The molecule has 2 aromatic heterocycles. The van der Waals surface area contributed by atoms with E-state index in [-0.39, 0.29) is 11.9 Å². The highest BCUT2D eigenvalue weighted by atomic mass is 35.5. The van der Waals surface area contributed by atoms with Crippen LogP contribution in [0.25, 0.3) is 11.3 Å². The van der Waals surface area contributed by atoms with Crippen LogP contribution in [0.2, 0.25) is 5.02 Å². The van der Waals surface area contributed by atoms with Crippen LogP contribution in [0.3, 0.4) is 0 Å². The first-order valence-electron chi connectivity index (χ1n) is 8.25. The summed E-state index contributed by atoms with van der Waals surface area (Å²) in [7, 11) is 0. The van der Waals surface area contributed by atoms with Crippen molar-refractivity contribution < 1.29 is 4.79 Å². The van der Waals surface area contributed by atoms with Crippen LogP contribution < -0.4 is 0 Å². The summed E-state index contributed by atoms with van der Waals surface area (Å²) in [5, 5.41) is 8.03. The second-order valence-corrected chi connectivity index (χ2v) is 6.49. The molecule has 6 heteroatoms. The van der Waals surface area contributed by atoms with Crippen molar-refractivity contribution in [1.82, 2.24) is 20.1 Å². The summed E-state index contributed by atoms with van der Waals surface area (Å²) in [6.07, 6.45) is 4.44. The van der Waals surface area contributed by atoms with E-state index in [1.165, 1.54) is 0 Å². The second-order valence-electron chi connectivity index (χ2n) is 6.06. The van der Waals surface area contributed by atoms with E-state index in [0.29, 0.717) is 17.3 Å². The maximum Gasteiger partial charge on any atom is 0.273 e. The van der Waals surface area contributed by atoms with Crippen molar-refractivity contribution in [1.29, 1.82) is 0 Å². The molecule has 25 heavy (non-hydrogen) atoms. The molecule has 5 nitrogen and oxygen atoms in total. The number of benzene rings is 1. The van der Waals surface area contributed by atoms with Crippen molar-refractivity contribution in [3.63, 3.8) is 0 Å². The molecule has 0 bridgehead atoms. The van der Waals surface area contributed by atoms with Crippen LogP contribution in [0, 0.1) is 0 Å². The molecule has 0 aliphatic carbocycles. The van der Waals surface area contributed by atoms with Crippen LogP contribution in [0.4, 0.5) is 0 Å². The molecule has 0 spiro atoms. The second kappa shape index (κ2) is 6.33. The Balaban J connectivity index is 1.88. The maximum absolute atomic E-state index is 12.9. The molecule has 1 unspecified atom stereocenters. The number of amides is 1. The predicted molar refractivity (Wildman–Crippen MR) is 96.4 cm³/mol. The Morgan fingerprint density at radius 2 is 2.04 bits per heavy atom. The quantitative estimate of drug-likeness (QED) is 0.769. The third kappa shape index (κ3) is 2.61. The molecule has 0 saturated heterocycles. The van der Waals surface area contributed by atoms with Gasteiger partial charge in [-0.25, -0.2) is 0 Å². The lowest BCUT2D eigenvalue weighted by molar-refractivity contribution is 0.0744. The number of pyridine rings is 1. The van der Waals surface area contributed by atoms with E-state index < -0.39 is 0 Å². The molecule has 126 valence electrons. The van der Waals surface area contributed by atoms with Gasteiger partial charge in [-0.1, -0.05) is 36.7 Å². The molecule has 1 N–H and O–H groups in total. The molecule has 1 aliphatic rings. The first kappa shape index (κ1) is 15.8. The van der Waals surface area contributed by atoms with Crippen molar-refractivity contribution in [2.75, 3.05) is 6.54 Å². The number of hydrogen-bond donors (Lipinski definition) is 1. The average Bonchev–Trinajstić information content (AvgIpc) is 3.17.